The van der Waals surface area contributed by atoms with Crippen LogP contribution in [0.5, 0.6) is 11.5 Å². The minimum Gasteiger partial charge on any atom is -0.508 e. The predicted octanol–water partition coefficient (Wildman–Crippen LogP) is 3.10. The number of aryl methyl sites for hydroxylation is 1. The lowest BCUT2D eigenvalue weighted by Gasteiger charge is -2.13. The van der Waals surface area contributed by atoms with E-state index >= 15 is 0 Å². The highest BCUT2D eigenvalue weighted by atomic mass is 16.5. The number of methoxy groups -OCH3 is 1. The molecular weight excluding hydrogens is 350 g/mol. The monoisotopic (exact) mass is 367 g/mol. The second kappa shape index (κ2) is 7.33. The number of esters is 2. The van der Waals surface area contributed by atoms with Crippen molar-refractivity contribution in [1.82, 2.24) is 4.98 Å². The van der Waals surface area contributed by atoms with Crippen molar-refractivity contribution in [2.45, 2.75) is 13.5 Å². The van der Waals surface area contributed by atoms with E-state index in [2.05, 4.69) is 4.98 Å². The number of ether oxygens (including phenoxy) is 2. The first-order chi connectivity index (χ1) is 12.9. The summed E-state index contributed by atoms with van der Waals surface area (Å²) >= 11 is 0. The van der Waals surface area contributed by atoms with Crippen LogP contribution in [0.2, 0.25) is 0 Å². The van der Waals surface area contributed by atoms with E-state index in [1.54, 1.807) is 13.0 Å². The zero-order valence-corrected chi connectivity index (χ0v) is 14.7. The maximum absolute atomic E-state index is 12.2. The van der Waals surface area contributed by atoms with Crippen LogP contribution < -0.4 is 0 Å². The van der Waals surface area contributed by atoms with Crippen LogP contribution in [0.4, 0.5) is 0 Å². The lowest BCUT2D eigenvalue weighted by atomic mass is 10.0. The molecule has 0 aliphatic rings. The van der Waals surface area contributed by atoms with Crippen molar-refractivity contribution >= 4 is 22.8 Å². The van der Waals surface area contributed by atoms with Gasteiger partial charge in [-0.15, -0.1) is 0 Å². The number of benzene rings is 2. The molecule has 27 heavy (non-hydrogen) atoms. The minimum absolute atomic E-state index is 0.107. The summed E-state index contributed by atoms with van der Waals surface area (Å²) in [4.78, 5) is 28.9. The number of phenols is 2. The van der Waals surface area contributed by atoms with Crippen molar-refractivity contribution in [3.63, 3.8) is 0 Å². The van der Waals surface area contributed by atoms with Crippen molar-refractivity contribution in [3.8, 4) is 11.5 Å². The number of phenolic OH excluding ortho intramolecular Hbond substituents is 2. The number of hydrogen-bond donors (Lipinski definition) is 2. The summed E-state index contributed by atoms with van der Waals surface area (Å²) in [6.45, 7) is 1.49. The molecule has 0 unspecified atom stereocenters. The number of hydrogen-bond acceptors (Lipinski definition) is 7. The van der Waals surface area contributed by atoms with Gasteiger partial charge in [-0.2, -0.15) is 0 Å². The molecule has 0 aliphatic carbocycles. The van der Waals surface area contributed by atoms with E-state index in [0.717, 1.165) is 11.5 Å². The Morgan fingerprint density at radius 1 is 1.07 bits per heavy atom. The molecule has 2 aromatic carbocycles. The van der Waals surface area contributed by atoms with Crippen LogP contribution in [0, 0.1) is 6.92 Å². The molecule has 0 spiro atoms. The second-order valence-electron chi connectivity index (χ2n) is 5.84. The Hall–Kier alpha value is -3.61. The standard InChI is InChI=1S/C20H17NO6/c1-11-13-5-3-4-6-15(13)21-16(18(11)20(25)26-2)10-27-19(24)14-8-7-12(22)9-17(14)23/h3-9,22-23H,10H2,1-2H3. The van der Waals surface area contributed by atoms with Gasteiger partial charge in [-0.3, -0.25) is 0 Å². The normalized spacial score (nSPS) is 10.6. The van der Waals surface area contributed by atoms with Crippen LogP contribution in [-0.4, -0.2) is 34.2 Å². The molecule has 3 aromatic rings. The fourth-order valence-corrected chi connectivity index (χ4v) is 2.82. The van der Waals surface area contributed by atoms with Gasteiger partial charge in [0.1, 0.15) is 23.7 Å². The molecular formula is C20H17NO6. The first kappa shape index (κ1) is 18.2. The quantitative estimate of drug-likeness (QED) is 0.683. The van der Waals surface area contributed by atoms with Gasteiger partial charge < -0.3 is 19.7 Å². The first-order valence-electron chi connectivity index (χ1n) is 8.08. The van der Waals surface area contributed by atoms with Gasteiger partial charge in [-0.1, -0.05) is 18.2 Å². The maximum Gasteiger partial charge on any atom is 0.342 e. The molecule has 0 fully saturated rings. The number of para-hydroxylation sites is 1. The molecule has 2 N–H and O–H groups in total. The van der Waals surface area contributed by atoms with E-state index in [9.17, 15) is 19.8 Å². The highest BCUT2D eigenvalue weighted by Gasteiger charge is 2.21. The van der Waals surface area contributed by atoms with E-state index in [1.165, 1.54) is 19.2 Å². The largest absolute Gasteiger partial charge is 0.508 e. The van der Waals surface area contributed by atoms with Crippen LogP contribution in [0.1, 0.15) is 32.0 Å². The Morgan fingerprint density at radius 3 is 2.52 bits per heavy atom. The SMILES string of the molecule is COC(=O)c1c(COC(=O)c2ccc(O)cc2O)nc2ccccc2c1C. The van der Waals surface area contributed by atoms with E-state index < -0.39 is 17.7 Å². The maximum atomic E-state index is 12.2. The van der Waals surface area contributed by atoms with E-state index in [1.807, 2.05) is 18.2 Å². The summed E-state index contributed by atoms with van der Waals surface area (Å²) in [5.74, 6) is -1.97. The molecule has 0 bridgehead atoms. The van der Waals surface area contributed by atoms with Gasteiger partial charge in [0.2, 0.25) is 0 Å². The molecule has 138 valence electrons. The average molecular weight is 367 g/mol. The molecule has 7 heteroatoms. The third kappa shape index (κ3) is 3.52. The van der Waals surface area contributed by atoms with Crippen molar-refractivity contribution < 1.29 is 29.3 Å². The third-order valence-electron chi connectivity index (χ3n) is 4.16. The van der Waals surface area contributed by atoms with E-state index in [0.29, 0.717) is 11.1 Å². The highest BCUT2D eigenvalue weighted by Crippen LogP contribution is 2.26. The number of pyridine rings is 1. The average Bonchev–Trinajstić information content (AvgIpc) is 2.65. The molecule has 0 aliphatic heterocycles. The Kier molecular flexibility index (Phi) is 4.94. The van der Waals surface area contributed by atoms with Gasteiger partial charge in [-0.25, -0.2) is 14.6 Å². The molecule has 1 heterocycles. The zero-order chi connectivity index (χ0) is 19.6. The number of nitrogens with zero attached hydrogens (tertiary/aromatic N) is 1. The summed E-state index contributed by atoms with van der Waals surface area (Å²) in [5, 5.41) is 19.9. The number of carbonyl (C=O) groups excluding carboxylic acids is 2. The van der Waals surface area contributed by atoms with E-state index in [4.69, 9.17) is 9.47 Å². The minimum atomic E-state index is -0.809. The van der Waals surface area contributed by atoms with E-state index in [-0.39, 0.29) is 29.2 Å². The molecule has 0 atom stereocenters. The zero-order valence-electron chi connectivity index (χ0n) is 14.7. The van der Waals surface area contributed by atoms with Crippen LogP contribution in [0.15, 0.2) is 42.5 Å². The molecule has 0 amide bonds. The van der Waals surface area contributed by atoms with Crippen LogP contribution in [0.3, 0.4) is 0 Å². The van der Waals surface area contributed by atoms with Gasteiger partial charge in [0.25, 0.3) is 0 Å². The highest BCUT2D eigenvalue weighted by molar-refractivity contribution is 5.98. The third-order valence-corrected chi connectivity index (χ3v) is 4.16. The van der Waals surface area contributed by atoms with Gasteiger partial charge in [-0.05, 0) is 30.7 Å². The van der Waals surface area contributed by atoms with Crippen molar-refractivity contribution in [1.29, 1.82) is 0 Å². The summed E-state index contributed by atoms with van der Waals surface area (Å²) in [5.41, 5.74) is 1.71. The number of fused-ring (bicyclic) bond motifs is 1. The fraction of sp³-hybridized carbons (Fsp3) is 0.150. The Labute approximate surface area is 154 Å². The molecule has 0 radical (unpaired) electrons. The summed E-state index contributed by atoms with van der Waals surface area (Å²) in [6.07, 6.45) is 0. The van der Waals surface area contributed by atoms with Gasteiger partial charge in [0.15, 0.2) is 0 Å². The lowest BCUT2D eigenvalue weighted by Crippen LogP contribution is -2.14. The molecule has 0 saturated carbocycles. The number of rotatable bonds is 4. The smallest absolute Gasteiger partial charge is 0.342 e. The van der Waals surface area contributed by atoms with Crippen LogP contribution in [-0.2, 0) is 16.1 Å². The van der Waals surface area contributed by atoms with Crippen LogP contribution in [0.25, 0.3) is 10.9 Å². The van der Waals surface area contributed by atoms with Gasteiger partial charge in [0.05, 0.1) is 23.9 Å². The number of aromatic nitrogens is 1. The Bertz CT molecular complexity index is 1040. The fourth-order valence-electron chi connectivity index (χ4n) is 2.82. The summed E-state index contributed by atoms with van der Waals surface area (Å²) < 4.78 is 10.1. The van der Waals surface area contributed by atoms with Crippen molar-refractivity contribution in [2.24, 2.45) is 0 Å². The second-order valence-corrected chi connectivity index (χ2v) is 5.84. The number of carbonyl (C=O) groups is 2. The van der Waals surface area contributed by atoms with Crippen molar-refractivity contribution in [2.75, 3.05) is 7.11 Å². The summed E-state index contributed by atoms with van der Waals surface area (Å²) in [6, 6.07) is 10.8. The van der Waals surface area contributed by atoms with Gasteiger partial charge >= 0.3 is 11.9 Å². The topological polar surface area (TPSA) is 106 Å². The molecule has 1 aromatic heterocycles. The first-order valence-corrected chi connectivity index (χ1v) is 8.08. The Balaban J connectivity index is 1.96. The van der Waals surface area contributed by atoms with Crippen LogP contribution >= 0.6 is 0 Å². The lowest BCUT2D eigenvalue weighted by molar-refractivity contribution is 0.0452. The molecule has 7 nitrogen and oxygen atoms in total. The molecule has 3 rings (SSSR count). The Morgan fingerprint density at radius 2 is 1.81 bits per heavy atom. The molecule has 0 saturated heterocycles. The van der Waals surface area contributed by atoms with Gasteiger partial charge in [0, 0.05) is 11.5 Å². The predicted molar refractivity (Wildman–Crippen MR) is 96.7 cm³/mol. The van der Waals surface area contributed by atoms with Crippen molar-refractivity contribution in [3.05, 3.63) is 64.8 Å². The summed E-state index contributed by atoms with van der Waals surface area (Å²) in [7, 11) is 1.27. The number of aromatic hydroxyl groups is 2.